The Morgan fingerprint density at radius 3 is 2.29 bits per heavy atom. The van der Waals surface area contributed by atoms with E-state index in [1.54, 1.807) is 20.1 Å². The first kappa shape index (κ1) is 16.1. The van der Waals surface area contributed by atoms with Gasteiger partial charge in [-0.2, -0.15) is 0 Å². The van der Waals surface area contributed by atoms with Crippen LogP contribution in [0.15, 0.2) is 27.7 Å². The van der Waals surface area contributed by atoms with Crippen LogP contribution in [0.25, 0.3) is 0 Å². The first-order valence-electron chi connectivity index (χ1n) is 5.59. The van der Waals surface area contributed by atoms with E-state index in [0.717, 1.165) is 6.42 Å². The number of nitrogens with zero attached hydrogens (tertiary/aromatic N) is 2. The van der Waals surface area contributed by atoms with Crippen molar-refractivity contribution in [3.8, 4) is 0 Å². The lowest BCUT2D eigenvalue weighted by Gasteiger charge is -2.32. The van der Waals surface area contributed by atoms with Crippen molar-refractivity contribution in [2.24, 2.45) is 10.8 Å². The summed E-state index contributed by atoms with van der Waals surface area (Å²) in [6.07, 6.45) is 2.62. The lowest BCUT2D eigenvalue weighted by atomic mass is 10.2. The highest BCUT2D eigenvalue weighted by Crippen LogP contribution is 2.32. The van der Waals surface area contributed by atoms with Gasteiger partial charge in [0.15, 0.2) is 4.61 Å². The Labute approximate surface area is 112 Å². The van der Waals surface area contributed by atoms with Crippen LogP contribution in [0.5, 0.6) is 0 Å². The molecule has 1 unspecified atom stereocenters. The van der Waals surface area contributed by atoms with Crippen LogP contribution >= 0.6 is 15.9 Å². The molecule has 4 nitrogen and oxygen atoms in total. The minimum absolute atomic E-state index is 0.144. The molecule has 0 saturated carbocycles. The van der Waals surface area contributed by atoms with Crippen LogP contribution in [-0.4, -0.2) is 23.1 Å². The van der Waals surface area contributed by atoms with Crippen molar-refractivity contribution in [3.63, 3.8) is 0 Å². The summed E-state index contributed by atoms with van der Waals surface area (Å²) in [6.45, 7) is 12.1. The second kappa shape index (κ2) is 6.71. The zero-order valence-corrected chi connectivity index (χ0v) is 12.6. The molecule has 0 aliphatic heterocycles. The van der Waals surface area contributed by atoms with Crippen molar-refractivity contribution in [2.45, 2.75) is 34.1 Å². The van der Waals surface area contributed by atoms with E-state index >= 15 is 0 Å². The van der Waals surface area contributed by atoms with Gasteiger partial charge in [-0.15, -0.1) is 4.59 Å². The third-order valence-electron chi connectivity index (χ3n) is 2.36. The molecule has 0 saturated heterocycles. The van der Waals surface area contributed by atoms with Crippen molar-refractivity contribution in [2.75, 3.05) is 6.54 Å². The van der Waals surface area contributed by atoms with Gasteiger partial charge in [0.25, 0.3) is 0 Å². The summed E-state index contributed by atoms with van der Waals surface area (Å²) in [5.74, 6) is 0. The maximum Gasteiger partial charge on any atom is 0.204 e. The third-order valence-corrected chi connectivity index (χ3v) is 2.95. The zero-order valence-electron chi connectivity index (χ0n) is 11.0. The lowest BCUT2D eigenvalue weighted by Crippen LogP contribution is -2.43. The molecule has 5 heteroatoms. The number of halogens is 1. The Bertz CT molecular complexity index is 367. The van der Waals surface area contributed by atoms with Gasteiger partial charge in [0, 0.05) is 15.9 Å². The summed E-state index contributed by atoms with van der Waals surface area (Å²) in [7, 11) is 0. The highest BCUT2D eigenvalue weighted by molar-refractivity contribution is 9.11. The van der Waals surface area contributed by atoms with Crippen molar-refractivity contribution in [1.82, 2.24) is 0 Å². The zero-order chi connectivity index (χ0) is 13.6. The summed E-state index contributed by atoms with van der Waals surface area (Å²) >= 11 is 3.41. The van der Waals surface area contributed by atoms with Crippen LogP contribution in [0.1, 0.15) is 34.1 Å². The highest BCUT2D eigenvalue weighted by Gasteiger charge is 2.38. The van der Waals surface area contributed by atoms with E-state index in [0.29, 0.717) is 28.3 Å². The van der Waals surface area contributed by atoms with Gasteiger partial charge in [0.2, 0.25) is 5.70 Å². The number of nitrogens with two attached hydrogens (primary N) is 1. The lowest BCUT2D eigenvalue weighted by molar-refractivity contribution is -0.847. The monoisotopic (exact) mass is 301 g/mol. The molecule has 0 bridgehead atoms. The maximum atomic E-state index is 7.90. The molecule has 0 rings (SSSR count). The Balaban J connectivity index is 5.98. The average Bonchev–Trinajstić information content (AvgIpc) is 2.16. The van der Waals surface area contributed by atoms with Crippen LogP contribution in [0.3, 0.4) is 0 Å². The summed E-state index contributed by atoms with van der Waals surface area (Å²) in [6, 6.07) is 0. The van der Waals surface area contributed by atoms with Gasteiger partial charge >= 0.3 is 0 Å². The van der Waals surface area contributed by atoms with Gasteiger partial charge in [0.1, 0.15) is 6.54 Å². The second-order valence-electron chi connectivity index (χ2n) is 3.90. The maximum absolute atomic E-state index is 7.90. The van der Waals surface area contributed by atoms with Crippen LogP contribution in [-0.2, 0) is 0 Å². The predicted octanol–water partition coefficient (Wildman–Crippen LogP) is 3.31. The summed E-state index contributed by atoms with van der Waals surface area (Å²) in [5, 5.41) is 12.4. The molecule has 0 aromatic carbocycles. The molecule has 0 aliphatic carbocycles. The molecular weight excluding hydrogens is 280 g/mol. The molecule has 0 amide bonds. The highest BCUT2D eigenvalue weighted by atomic mass is 79.9. The van der Waals surface area contributed by atoms with Gasteiger partial charge in [-0.25, -0.2) is 0 Å². The topological polar surface area (TPSA) is 62.2 Å². The fourth-order valence-corrected chi connectivity index (χ4v) is 2.36. The van der Waals surface area contributed by atoms with E-state index in [4.69, 9.17) is 11.1 Å². The van der Waals surface area contributed by atoms with E-state index in [1.165, 1.54) is 0 Å². The van der Waals surface area contributed by atoms with E-state index in [2.05, 4.69) is 34.5 Å². The van der Waals surface area contributed by atoms with Crippen LogP contribution in [0, 0.1) is 5.41 Å². The quantitative estimate of drug-likeness (QED) is 0.336. The van der Waals surface area contributed by atoms with Gasteiger partial charge in [0.05, 0.1) is 17.6 Å². The van der Waals surface area contributed by atoms with Crippen LogP contribution in [0.2, 0.25) is 0 Å². The van der Waals surface area contributed by atoms with Crippen molar-refractivity contribution in [3.05, 3.63) is 22.6 Å². The fraction of sp³-hybridized carbons (Fsp3) is 0.500. The molecule has 0 spiro atoms. The fourth-order valence-electron chi connectivity index (χ4n) is 1.92. The van der Waals surface area contributed by atoms with Crippen molar-refractivity contribution in [1.29, 1.82) is 5.41 Å². The van der Waals surface area contributed by atoms with E-state index < -0.39 is 0 Å². The molecule has 0 heterocycles. The molecule has 0 fully saturated rings. The second-order valence-corrected chi connectivity index (χ2v) is 4.81. The number of hydrogen-bond donors (Lipinski definition) is 2. The third kappa shape index (κ3) is 3.51. The SMILES string of the molecule is C=C(Br)[N+](CCC)(/N=C\C)/C(C(C)=N)=C(/C)N. The Hall–Kier alpha value is -0.940. The molecule has 1 atom stereocenters. The Morgan fingerprint density at radius 1 is 1.53 bits per heavy atom. The first-order valence-corrected chi connectivity index (χ1v) is 6.38. The predicted molar refractivity (Wildman–Crippen MR) is 77.9 cm³/mol. The standard InChI is InChI=1S/C12H22BrN4/c1-6-8-17(11(5)13,16-7-2)12(9(3)14)10(4)15/h7,14H,5-6,8,15H2,1-4H3/q+1/b12-10-,14-9?,16-7-. The molecular formula is C12H22BrN4+. The Kier molecular flexibility index (Phi) is 6.34. The molecule has 0 aliphatic rings. The minimum Gasteiger partial charge on any atom is -0.397 e. The number of nitrogens with one attached hydrogen (secondary N) is 1. The molecule has 17 heavy (non-hydrogen) atoms. The van der Waals surface area contributed by atoms with Crippen molar-refractivity contribution >= 4 is 27.9 Å². The molecule has 0 radical (unpaired) electrons. The number of quaternary nitrogens is 1. The normalized spacial score (nSPS) is 16.5. The van der Waals surface area contributed by atoms with E-state index in [-0.39, 0.29) is 4.59 Å². The van der Waals surface area contributed by atoms with E-state index in [9.17, 15) is 0 Å². The molecule has 3 N–H and O–H groups in total. The van der Waals surface area contributed by atoms with E-state index in [1.807, 2.05) is 6.92 Å². The van der Waals surface area contributed by atoms with Gasteiger partial charge in [-0.3, -0.25) is 5.41 Å². The van der Waals surface area contributed by atoms with Crippen molar-refractivity contribution < 1.29 is 4.59 Å². The average molecular weight is 302 g/mol. The molecule has 0 aromatic rings. The smallest absolute Gasteiger partial charge is 0.204 e. The summed E-state index contributed by atoms with van der Waals surface area (Å²) in [4.78, 5) is 0. The Morgan fingerprint density at radius 2 is 2.06 bits per heavy atom. The first-order chi connectivity index (χ1) is 7.83. The van der Waals surface area contributed by atoms with Crippen LogP contribution < -0.4 is 5.73 Å². The largest absolute Gasteiger partial charge is 0.397 e. The minimum atomic E-state index is 0.144. The number of rotatable bonds is 6. The van der Waals surface area contributed by atoms with Crippen LogP contribution in [0.4, 0.5) is 0 Å². The molecule has 96 valence electrons. The summed E-state index contributed by atoms with van der Waals surface area (Å²) in [5.41, 5.74) is 7.60. The van der Waals surface area contributed by atoms with Gasteiger partial charge in [-0.1, -0.05) is 12.0 Å². The number of hydrogen-bond acceptors (Lipinski definition) is 3. The number of allylic oxidation sites excluding steroid dienone is 2. The summed E-state index contributed by atoms with van der Waals surface area (Å²) < 4.78 is 0.828. The van der Waals surface area contributed by atoms with Gasteiger partial charge in [-0.05, 0) is 33.8 Å². The molecule has 0 aromatic heterocycles. The van der Waals surface area contributed by atoms with Gasteiger partial charge < -0.3 is 5.73 Å².